The van der Waals surface area contributed by atoms with Crippen molar-refractivity contribution in [3.8, 4) is 0 Å². The number of aliphatic carboxylic acids is 1. The van der Waals surface area contributed by atoms with E-state index in [1.165, 1.54) is 24.3 Å². The number of hydrogen-bond acceptors (Lipinski definition) is 5. The molecule has 0 aromatic heterocycles. The summed E-state index contributed by atoms with van der Waals surface area (Å²) in [4.78, 5) is 22.4. The van der Waals surface area contributed by atoms with E-state index in [9.17, 15) is 28.2 Å². The molecule has 0 unspecified atom stereocenters. The summed E-state index contributed by atoms with van der Waals surface area (Å²) in [6.07, 6.45) is -1.18. The second-order valence-corrected chi connectivity index (χ2v) is 6.35. The van der Waals surface area contributed by atoms with E-state index in [4.69, 9.17) is 5.73 Å². The summed E-state index contributed by atoms with van der Waals surface area (Å²) in [7, 11) is -4.46. The fraction of sp³-hybridized carbons (Fsp3) is 0.385. The summed E-state index contributed by atoms with van der Waals surface area (Å²) in [6, 6.07) is 5.16. The molecule has 0 aliphatic carbocycles. The molecule has 1 rings (SSSR count). The molecular formula is C13H18N2O6S. The summed E-state index contributed by atoms with van der Waals surface area (Å²) < 4.78 is 24.8. The number of rotatable bonds is 8. The van der Waals surface area contributed by atoms with Gasteiger partial charge >= 0.3 is 12.1 Å². The van der Waals surface area contributed by atoms with E-state index in [2.05, 4.69) is 0 Å². The van der Waals surface area contributed by atoms with Crippen molar-refractivity contribution < 1.29 is 28.2 Å². The Kier molecular flexibility index (Phi) is 6.32. The number of carbonyl (C=O) groups is 2. The molecule has 1 amide bonds. The van der Waals surface area contributed by atoms with Crippen LogP contribution in [0.3, 0.4) is 0 Å². The molecule has 9 heteroatoms. The number of benzene rings is 1. The Balaban J connectivity index is 3.20. The SMILES string of the molecule is NCCCC[C@@H](C(=O)O)N(C(=O)O)S(=O)(=O)c1ccccc1. The van der Waals surface area contributed by atoms with E-state index in [1.54, 1.807) is 6.07 Å². The van der Waals surface area contributed by atoms with Crippen molar-refractivity contribution in [1.82, 2.24) is 4.31 Å². The number of amides is 1. The molecule has 4 N–H and O–H groups in total. The van der Waals surface area contributed by atoms with E-state index in [0.29, 0.717) is 19.4 Å². The van der Waals surface area contributed by atoms with Crippen LogP contribution in [0.5, 0.6) is 0 Å². The van der Waals surface area contributed by atoms with Crippen LogP contribution in [0.2, 0.25) is 0 Å². The summed E-state index contributed by atoms with van der Waals surface area (Å²) >= 11 is 0. The van der Waals surface area contributed by atoms with Crippen LogP contribution in [0, 0.1) is 0 Å². The van der Waals surface area contributed by atoms with Gasteiger partial charge in [0.1, 0.15) is 6.04 Å². The topological polar surface area (TPSA) is 138 Å². The zero-order valence-corrected chi connectivity index (χ0v) is 12.6. The van der Waals surface area contributed by atoms with Gasteiger partial charge in [-0.15, -0.1) is 0 Å². The minimum atomic E-state index is -4.46. The smallest absolute Gasteiger partial charge is 0.422 e. The maximum atomic E-state index is 12.4. The number of hydrogen-bond donors (Lipinski definition) is 3. The Hall–Kier alpha value is -2.13. The highest BCUT2D eigenvalue weighted by Crippen LogP contribution is 2.21. The van der Waals surface area contributed by atoms with Crippen LogP contribution in [0.4, 0.5) is 4.79 Å². The van der Waals surface area contributed by atoms with Gasteiger partial charge < -0.3 is 15.9 Å². The zero-order valence-electron chi connectivity index (χ0n) is 11.8. The van der Waals surface area contributed by atoms with Gasteiger partial charge in [0, 0.05) is 0 Å². The molecule has 1 atom stereocenters. The van der Waals surface area contributed by atoms with Crippen LogP contribution in [-0.4, -0.2) is 47.6 Å². The van der Waals surface area contributed by atoms with E-state index in [0.717, 1.165) is 0 Å². The van der Waals surface area contributed by atoms with Gasteiger partial charge in [0.25, 0.3) is 10.0 Å². The summed E-state index contributed by atoms with van der Waals surface area (Å²) in [5.74, 6) is -1.51. The third-order valence-corrected chi connectivity index (χ3v) is 4.78. The molecule has 0 radical (unpaired) electrons. The molecule has 0 bridgehead atoms. The average molecular weight is 330 g/mol. The van der Waals surface area contributed by atoms with Gasteiger partial charge in [-0.05, 0) is 37.9 Å². The van der Waals surface area contributed by atoms with Crippen molar-refractivity contribution in [3.63, 3.8) is 0 Å². The highest BCUT2D eigenvalue weighted by Gasteiger charge is 2.39. The average Bonchev–Trinajstić information content (AvgIpc) is 2.46. The normalized spacial score (nSPS) is 12.6. The third kappa shape index (κ3) is 4.18. The third-order valence-electron chi connectivity index (χ3n) is 2.99. The van der Waals surface area contributed by atoms with Crippen molar-refractivity contribution >= 4 is 22.1 Å². The van der Waals surface area contributed by atoms with E-state index < -0.39 is 28.1 Å². The molecule has 0 saturated carbocycles. The molecule has 0 aliphatic heterocycles. The molecular weight excluding hydrogens is 312 g/mol. The minimum absolute atomic E-state index is 0.00117. The van der Waals surface area contributed by atoms with Gasteiger partial charge in [-0.3, -0.25) is 0 Å². The zero-order chi connectivity index (χ0) is 16.8. The molecule has 22 heavy (non-hydrogen) atoms. The van der Waals surface area contributed by atoms with Crippen molar-refractivity contribution in [2.24, 2.45) is 5.73 Å². The molecule has 8 nitrogen and oxygen atoms in total. The predicted octanol–water partition coefficient (Wildman–Crippen LogP) is 0.937. The van der Waals surface area contributed by atoms with Gasteiger partial charge in [-0.2, -0.15) is 4.31 Å². The lowest BCUT2D eigenvalue weighted by Crippen LogP contribution is -2.48. The van der Waals surface area contributed by atoms with Gasteiger partial charge in [0.15, 0.2) is 0 Å². The van der Waals surface area contributed by atoms with Gasteiger partial charge in [-0.1, -0.05) is 18.2 Å². The first kappa shape index (κ1) is 17.9. The highest BCUT2D eigenvalue weighted by molar-refractivity contribution is 7.89. The van der Waals surface area contributed by atoms with Crippen molar-refractivity contribution in [2.75, 3.05) is 6.54 Å². The van der Waals surface area contributed by atoms with Gasteiger partial charge in [0.05, 0.1) is 4.90 Å². The lowest BCUT2D eigenvalue weighted by Gasteiger charge is -2.25. The molecule has 0 aliphatic rings. The Bertz CT molecular complexity index is 617. The predicted molar refractivity (Wildman–Crippen MR) is 77.8 cm³/mol. The van der Waals surface area contributed by atoms with Gasteiger partial charge in [0.2, 0.25) is 0 Å². The van der Waals surface area contributed by atoms with Crippen LogP contribution in [0.15, 0.2) is 35.2 Å². The second-order valence-electron chi connectivity index (χ2n) is 4.53. The molecule has 1 aromatic carbocycles. The van der Waals surface area contributed by atoms with E-state index in [1.807, 2.05) is 0 Å². The highest BCUT2D eigenvalue weighted by atomic mass is 32.2. The van der Waals surface area contributed by atoms with Crippen LogP contribution in [0.25, 0.3) is 0 Å². The summed E-state index contributed by atoms with van der Waals surface area (Å²) in [6.45, 7) is 0.310. The number of carboxylic acid groups (broad SMARTS) is 2. The monoisotopic (exact) mass is 330 g/mol. The Morgan fingerprint density at radius 1 is 1.14 bits per heavy atom. The van der Waals surface area contributed by atoms with Crippen LogP contribution in [0.1, 0.15) is 19.3 Å². The molecule has 122 valence electrons. The first-order valence-corrected chi connectivity index (χ1v) is 8.01. The van der Waals surface area contributed by atoms with E-state index in [-0.39, 0.29) is 15.6 Å². The first-order valence-electron chi connectivity index (χ1n) is 6.57. The first-order chi connectivity index (χ1) is 10.3. The Labute approximate surface area is 128 Å². The van der Waals surface area contributed by atoms with Crippen LogP contribution in [-0.2, 0) is 14.8 Å². The molecule has 0 saturated heterocycles. The second kappa shape index (κ2) is 7.76. The number of carboxylic acids is 1. The lowest BCUT2D eigenvalue weighted by molar-refractivity contribution is -0.141. The maximum Gasteiger partial charge on any atom is 0.422 e. The maximum absolute atomic E-state index is 12.4. The van der Waals surface area contributed by atoms with Crippen LogP contribution < -0.4 is 5.73 Å². The molecule has 0 fully saturated rings. The molecule has 1 aromatic rings. The van der Waals surface area contributed by atoms with Crippen molar-refractivity contribution in [3.05, 3.63) is 30.3 Å². The number of unbranched alkanes of at least 4 members (excludes halogenated alkanes) is 1. The number of nitrogens with two attached hydrogens (primary N) is 1. The van der Waals surface area contributed by atoms with E-state index >= 15 is 0 Å². The molecule has 0 spiro atoms. The minimum Gasteiger partial charge on any atom is -0.480 e. The van der Waals surface area contributed by atoms with Crippen molar-refractivity contribution in [2.45, 2.75) is 30.2 Å². The largest absolute Gasteiger partial charge is 0.480 e. The fourth-order valence-corrected chi connectivity index (χ4v) is 3.40. The fourth-order valence-electron chi connectivity index (χ4n) is 1.93. The quantitative estimate of drug-likeness (QED) is 0.603. The van der Waals surface area contributed by atoms with Gasteiger partial charge in [-0.25, -0.2) is 18.0 Å². The number of nitrogens with zero attached hydrogens (tertiary/aromatic N) is 1. The van der Waals surface area contributed by atoms with Crippen LogP contribution >= 0.6 is 0 Å². The summed E-state index contributed by atoms with van der Waals surface area (Å²) in [5, 5.41) is 18.4. The number of sulfonamides is 1. The Morgan fingerprint density at radius 3 is 2.18 bits per heavy atom. The standard InChI is InChI=1S/C13H18N2O6S/c14-9-5-4-8-11(12(16)17)15(13(18)19)22(20,21)10-6-2-1-3-7-10/h1-3,6-7,11H,4-5,8-9,14H2,(H,16,17)(H,18,19)/t11-/m0/s1. The van der Waals surface area contributed by atoms with Crippen molar-refractivity contribution in [1.29, 1.82) is 0 Å². The molecule has 0 heterocycles. The Morgan fingerprint density at radius 2 is 1.73 bits per heavy atom. The summed E-state index contributed by atoms with van der Waals surface area (Å²) in [5.41, 5.74) is 5.31. The lowest BCUT2D eigenvalue weighted by atomic mass is 10.1.